The van der Waals surface area contributed by atoms with Gasteiger partial charge in [0.25, 0.3) is 0 Å². The topological polar surface area (TPSA) is 79.7 Å². The van der Waals surface area contributed by atoms with Gasteiger partial charge >= 0.3 is 0 Å². The van der Waals surface area contributed by atoms with Crippen LogP contribution in [0.25, 0.3) is 0 Å². The Morgan fingerprint density at radius 2 is 2.35 bits per heavy atom. The molecule has 0 saturated carbocycles. The average Bonchev–Trinajstić information content (AvgIpc) is 2.99. The molecule has 0 amide bonds. The van der Waals surface area contributed by atoms with Crippen LogP contribution in [0.1, 0.15) is 6.42 Å². The molecule has 2 heterocycles. The van der Waals surface area contributed by atoms with Crippen molar-refractivity contribution in [3.63, 3.8) is 0 Å². The minimum Gasteiger partial charge on any atom is -0.473 e. The lowest BCUT2D eigenvalue weighted by atomic mass is 10.3. The van der Waals surface area contributed by atoms with Gasteiger partial charge in [0.05, 0.1) is 24.9 Å². The molecule has 114 valence electrons. The fraction of sp³-hybridized carbons (Fsp3) is 0.833. The predicted octanol–water partition coefficient (Wildman–Crippen LogP) is -0.410. The highest BCUT2D eigenvalue weighted by molar-refractivity contribution is 6.99. The van der Waals surface area contributed by atoms with E-state index in [-0.39, 0.29) is 6.61 Å². The summed E-state index contributed by atoms with van der Waals surface area (Å²) in [6, 6.07) is 0. The molecule has 0 bridgehead atoms. The number of aromatic nitrogens is 2. The van der Waals surface area contributed by atoms with Crippen LogP contribution in [0.3, 0.4) is 0 Å². The van der Waals surface area contributed by atoms with Crippen molar-refractivity contribution >= 4 is 11.7 Å². The first kappa shape index (κ1) is 15.6. The molecule has 7 nitrogen and oxygen atoms in total. The third kappa shape index (κ3) is 6.10. The summed E-state index contributed by atoms with van der Waals surface area (Å²) in [4.78, 5) is 2.40. The van der Waals surface area contributed by atoms with Crippen LogP contribution >= 0.6 is 11.7 Å². The van der Waals surface area contributed by atoms with Gasteiger partial charge in [-0.05, 0) is 19.5 Å². The lowest BCUT2D eigenvalue weighted by Crippen LogP contribution is -2.38. The highest BCUT2D eigenvalue weighted by Gasteiger charge is 2.09. The molecular weight excluding hydrogens is 280 g/mol. The molecule has 2 rings (SSSR count). The second-order valence-corrected chi connectivity index (χ2v) is 5.28. The Balaban J connectivity index is 1.43. The molecule has 0 aromatic carbocycles. The van der Waals surface area contributed by atoms with Crippen LogP contribution in [0.2, 0.25) is 0 Å². The molecule has 1 aliphatic rings. The molecule has 1 fully saturated rings. The van der Waals surface area contributed by atoms with Crippen LogP contribution in [0.5, 0.6) is 5.88 Å². The molecular formula is C12H22N4O3S. The van der Waals surface area contributed by atoms with Gasteiger partial charge in [-0.3, -0.25) is 4.90 Å². The molecule has 0 radical (unpaired) electrons. The first-order valence-corrected chi connectivity index (χ1v) is 7.67. The van der Waals surface area contributed by atoms with Crippen molar-refractivity contribution in [3.8, 4) is 5.88 Å². The van der Waals surface area contributed by atoms with Crippen LogP contribution in [-0.2, 0) is 4.74 Å². The smallest absolute Gasteiger partial charge is 0.245 e. The molecule has 1 saturated heterocycles. The molecule has 1 aliphatic heterocycles. The molecule has 2 N–H and O–H groups in total. The van der Waals surface area contributed by atoms with E-state index in [1.54, 1.807) is 6.20 Å². The number of hydrogen-bond donors (Lipinski definition) is 2. The molecule has 0 aliphatic carbocycles. The highest BCUT2D eigenvalue weighted by atomic mass is 32.1. The summed E-state index contributed by atoms with van der Waals surface area (Å²) in [7, 11) is 0. The van der Waals surface area contributed by atoms with Crippen molar-refractivity contribution in [3.05, 3.63) is 6.20 Å². The SMILES string of the molecule is OC(CNCCCN1CCOCC1)COc1cnsn1. The zero-order valence-corrected chi connectivity index (χ0v) is 12.3. The van der Waals surface area contributed by atoms with E-state index < -0.39 is 6.10 Å². The lowest BCUT2D eigenvalue weighted by molar-refractivity contribution is 0.0372. The minimum atomic E-state index is -0.528. The predicted molar refractivity (Wildman–Crippen MR) is 76.2 cm³/mol. The van der Waals surface area contributed by atoms with E-state index >= 15 is 0 Å². The molecule has 0 spiro atoms. The van der Waals surface area contributed by atoms with Crippen LogP contribution < -0.4 is 10.1 Å². The average molecular weight is 302 g/mol. The zero-order chi connectivity index (χ0) is 14.0. The van der Waals surface area contributed by atoms with Crippen LogP contribution in [0, 0.1) is 0 Å². The normalized spacial score (nSPS) is 18.1. The first-order chi connectivity index (χ1) is 9.84. The van der Waals surface area contributed by atoms with Gasteiger partial charge in [-0.1, -0.05) is 0 Å². The Labute approximate surface area is 123 Å². The van der Waals surface area contributed by atoms with Gasteiger partial charge < -0.3 is 19.9 Å². The van der Waals surface area contributed by atoms with E-state index in [0.717, 1.165) is 57.5 Å². The monoisotopic (exact) mass is 302 g/mol. The first-order valence-electron chi connectivity index (χ1n) is 6.94. The maximum absolute atomic E-state index is 9.74. The third-order valence-corrected chi connectivity index (χ3v) is 3.54. The number of morpholine rings is 1. The summed E-state index contributed by atoms with van der Waals surface area (Å²) in [5.41, 5.74) is 0. The van der Waals surface area contributed by atoms with Crippen molar-refractivity contribution in [2.24, 2.45) is 0 Å². The number of ether oxygens (including phenoxy) is 2. The highest BCUT2D eigenvalue weighted by Crippen LogP contribution is 2.05. The van der Waals surface area contributed by atoms with Gasteiger partial charge in [0, 0.05) is 19.6 Å². The van der Waals surface area contributed by atoms with E-state index in [2.05, 4.69) is 19.0 Å². The van der Waals surface area contributed by atoms with Crippen molar-refractivity contribution in [1.29, 1.82) is 0 Å². The maximum Gasteiger partial charge on any atom is 0.245 e. The summed E-state index contributed by atoms with van der Waals surface area (Å²) in [6.07, 6.45) is 2.09. The van der Waals surface area contributed by atoms with E-state index in [1.165, 1.54) is 0 Å². The number of nitrogens with one attached hydrogen (secondary N) is 1. The van der Waals surface area contributed by atoms with Gasteiger partial charge in [-0.15, -0.1) is 4.37 Å². The Morgan fingerprint density at radius 3 is 3.10 bits per heavy atom. The fourth-order valence-electron chi connectivity index (χ4n) is 1.98. The van der Waals surface area contributed by atoms with Crippen molar-refractivity contribution in [2.75, 3.05) is 52.5 Å². The molecule has 1 atom stereocenters. The molecule has 1 aromatic heterocycles. The summed E-state index contributed by atoms with van der Waals surface area (Å²) in [6.45, 7) is 6.48. The van der Waals surface area contributed by atoms with E-state index in [0.29, 0.717) is 12.4 Å². The second-order valence-electron chi connectivity index (χ2n) is 4.72. The summed E-state index contributed by atoms with van der Waals surface area (Å²) >= 11 is 1.09. The molecule has 8 heteroatoms. The van der Waals surface area contributed by atoms with E-state index in [1.807, 2.05) is 0 Å². The number of nitrogens with zero attached hydrogens (tertiary/aromatic N) is 3. The quantitative estimate of drug-likeness (QED) is 0.600. The molecule has 1 unspecified atom stereocenters. The van der Waals surface area contributed by atoms with Gasteiger partial charge in [0.1, 0.15) is 18.9 Å². The van der Waals surface area contributed by atoms with Crippen LogP contribution in [-0.4, -0.2) is 77.4 Å². The molecule has 1 aromatic rings. The van der Waals surface area contributed by atoms with Crippen LogP contribution in [0.15, 0.2) is 6.20 Å². The Hall–Kier alpha value is -0.800. The molecule has 20 heavy (non-hydrogen) atoms. The fourth-order valence-corrected chi connectivity index (χ4v) is 2.35. The summed E-state index contributed by atoms with van der Waals surface area (Å²) < 4.78 is 18.3. The van der Waals surface area contributed by atoms with Crippen molar-refractivity contribution in [1.82, 2.24) is 19.0 Å². The Morgan fingerprint density at radius 1 is 1.50 bits per heavy atom. The van der Waals surface area contributed by atoms with Crippen molar-refractivity contribution < 1.29 is 14.6 Å². The zero-order valence-electron chi connectivity index (χ0n) is 11.5. The second kappa shape index (κ2) is 9.19. The summed E-state index contributed by atoms with van der Waals surface area (Å²) in [5.74, 6) is 0.473. The minimum absolute atomic E-state index is 0.238. The standard InChI is InChI=1S/C12H22N4O3S/c17-11(10-19-12-9-14-20-15-12)8-13-2-1-3-16-4-6-18-7-5-16/h9,11,13,17H,1-8,10H2. The third-order valence-electron chi connectivity index (χ3n) is 3.08. The van der Waals surface area contributed by atoms with E-state index in [4.69, 9.17) is 9.47 Å². The van der Waals surface area contributed by atoms with Gasteiger partial charge in [-0.2, -0.15) is 4.37 Å². The van der Waals surface area contributed by atoms with Gasteiger partial charge in [-0.25, -0.2) is 0 Å². The number of aliphatic hydroxyl groups excluding tert-OH is 1. The maximum atomic E-state index is 9.74. The number of rotatable bonds is 9. The van der Waals surface area contributed by atoms with Gasteiger partial charge in [0.15, 0.2) is 0 Å². The number of hydrogen-bond acceptors (Lipinski definition) is 8. The summed E-state index contributed by atoms with van der Waals surface area (Å²) in [5, 5.41) is 13.0. The van der Waals surface area contributed by atoms with Crippen LogP contribution in [0.4, 0.5) is 0 Å². The Kier molecular flexibility index (Phi) is 7.16. The lowest BCUT2D eigenvalue weighted by Gasteiger charge is -2.26. The number of aliphatic hydroxyl groups is 1. The van der Waals surface area contributed by atoms with Crippen molar-refractivity contribution in [2.45, 2.75) is 12.5 Å². The Bertz CT molecular complexity index is 346. The van der Waals surface area contributed by atoms with Gasteiger partial charge in [0.2, 0.25) is 5.88 Å². The largest absolute Gasteiger partial charge is 0.473 e. The van der Waals surface area contributed by atoms with E-state index in [9.17, 15) is 5.11 Å².